The molecular formula is C29H36N2O7. The molecule has 38 heavy (non-hydrogen) atoms. The predicted molar refractivity (Wildman–Crippen MR) is 143 cm³/mol. The molecule has 0 spiro atoms. The Bertz CT molecular complexity index is 1100. The second-order valence-corrected chi connectivity index (χ2v) is 9.58. The number of rotatable bonds is 8. The maximum Gasteiger partial charge on any atom is 0.414 e. The molecule has 0 bridgehead atoms. The maximum atomic E-state index is 12.4. The number of carboxylic acid groups (broad SMARTS) is 2. The molecule has 1 fully saturated rings. The van der Waals surface area contributed by atoms with Gasteiger partial charge in [0.2, 0.25) is 5.91 Å². The molecule has 2 heterocycles. The van der Waals surface area contributed by atoms with Crippen LogP contribution >= 0.6 is 0 Å². The Balaban J connectivity index is 0.000000599. The molecule has 4 rings (SSSR count). The van der Waals surface area contributed by atoms with Crippen molar-refractivity contribution in [1.82, 2.24) is 4.90 Å². The fourth-order valence-corrected chi connectivity index (χ4v) is 4.97. The molecule has 2 aliphatic rings. The van der Waals surface area contributed by atoms with E-state index in [-0.39, 0.29) is 5.91 Å². The molecule has 2 unspecified atom stereocenters. The molecule has 1 amide bonds. The normalized spacial score (nSPS) is 17.4. The van der Waals surface area contributed by atoms with Crippen molar-refractivity contribution >= 4 is 23.5 Å². The van der Waals surface area contributed by atoms with Crippen molar-refractivity contribution in [2.45, 2.75) is 51.4 Å². The standard InChI is InChI=1S/C27H34N2O3.C2H2O4/c1-3-16-29-24-10-7-11-25(23(24)12-13-26(29)31)32-27(20(2)30)28-17-14-22(15-18-28)19-21-8-5-4-6-9-21;3-1(4)2(5)6/h3-11,20,22,27,30H,1,12-19H2,2H3;(H,3,4)(H,5,6). The van der Waals surface area contributed by atoms with E-state index in [0.29, 0.717) is 25.3 Å². The molecule has 0 radical (unpaired) electrons. The van der Waals surface area contributed by atoms with Gasteiger partial charge in [-0.2, -0.15) is 0 Å². The van der Waals surface area contributed by atoms with E-state index in [1.54, 1.807) is 17.9 Å². The van der Waals surface area contributed by atoms with Gasteiger partial charge in [0.05, 0.1) is 5.69 Å². The van der Waals surface area contributed by atoms with Crippen molar-refractivity contribution in [3.8, 4) is 5.75 Å². The summed E-state index contributed by atoms with van der Waals surface area (Å²) < 4.78 is 6.44. The average molecular weight is 525 g/mol. The van der Waals surface area contributed by atoms with Gasteiger partial charge in [-0.3, -0.25) is 9.69 Å². The van der Waals surface area contributed by atoms with Crippen molar-refractivity contribution in [3.63, 3.8) is 0 Å². The molecule has 2 aromatic carbocycles. The molecule has 0 aromatic heterocycles. The molecule has 0 saturated carbocycles. The van der Waals surface area contributed by atoms with Crippen molar-refractivity contribution in [2.75, 3.05) is 24.5 Å². The number of likely N-dealkylation sites (tertiary alicyclic amines) is 1. The number of ether oxygens (including phenoxy) is 1. The third-order valence-corrected chi connectivity index (χ3v) is 6.82. The van der Waals surface area contributed by atoms with Crippen LogP contribution in [0.15, 0.2) is 61.2 Å². The van der Waals surface area contributed by atoms with Crippen LogP contribution in [0.3, 0.4) is 0 Å². The number of hydrogen-bond acceptors (Lipinski definition) is 6. The summed E-state index contributed by atoms with van der Waals surface area (Å²) in [7, 11) is 0. The number of aliphatic hydroxyl groups excluding tert-OH is 1. The Morgan fingerprint density at radius 2 is 1.71 bits per heavy atom. The molecule has 9 nitrogen and oxygen atoms in total. The predicted octanol–water partition coefficient (Wildman–Crippen LogP) is 3.35. The first-order chi connectivity index (χ1) is 18.2. The lowest BCUT2D eigenvalue weighted by molar-refractivity contribution is -0.159. The Hall–Kier alpha value is -3.69. The van der Waals surface area contributed by atoms with Gasteiger partial charge < -0.3 is 25.0 Å². The van der Waals surface area contributed by atoms with E-state index in [9.17, 15) is 9.90 Å². The third-order valence-electron chi connectivity index (χ3n) is 6.82. The Labute approximate surface area is 222 Å². The minimum absolute atomic E-state index is 0.113. The fourth-order valence-electron chi connectivity index (χ4n) is 4.97. The summed E-state index contributed by atoms with van der Waals surface area (Å²) in [6.07, 6.45) is 5.14. The van der Waals surface area contributed by atoms with Crippen LogP contribution in [0.5, 0.6) is 5.75 Å². The first-order valence-corrected chi connectivity index (χ1v) is 12.8. The lowest BCUT2D eigenvalue weighted by atomic mass is 9.90. The molecule has 2 atom stereocenters. The Morgan fingerprint density at radius 1 is 1.05 bits per heavy atom. The molecule has 204 valence electrons. The van der Waals surface area contributed by atoms with Gasteiger partial charge >= 0.3 is 11.9 Å². The highest BCUT2D eigenvalue weighted by Crippen LogP contribution is 2.36. The molecule has 2 aliphatic heterocycles. The van der Waals surface area contributed by atoms with E-state index in [4.69, 9.17) is 24.5 Å². The second-order valence-electron chi connectivity index (χ2n) is 9.58. The zero-order valence-electron chi connectivity index (χ0n) is 21.7. The number of aliphatic hydroxyl groups is 1. The average Bonchev–Trinajstić information content (AvgIpc) is 2.90. The summed E-state index contributed by atoms with van der Waals surface area (Å²) in [5.74, 6) is -2.11. The molecule has 9 heteroatoms. The molecule has 2 aromatic rings. The van der Waals surface area contributed by atoms with E-state index < -0.39 is 24.3 Å². The smallest absolute Gasteiger partial charge is 0.414 e. The molecule has 1 saturated heterocycles. The van der Waals surface area contributed by atoms with Crippen LogP contribution < -0.4 is 9.64 Å². The number of aliphatic carboxylic acids is 2. The van der Waals surface area contributed by atoms with E-state index >= 15 is 0 Å². The number of piperidine rings is 1. The highest BCUT2D eigenvalue weighted by molar-refractivity contribution is 6.27. The minimum atomic E-state index is -1.82. The zero-order valence-corrected chi connectivity index (χ0v) is 21.7. The van der Waals surface area contributed by atoms with Crippen molar-refractivity contribution in [1.29, 1.82) is 0 Å². The summed E-state index contributed by atoms with van der Waals surface area (Å²) in [6, 6.07) is 16.5. The third kappa shape index (κ3) is 7.66. The summed E-state index contributed by atoms with van der Waals surface area (Å²) in [6.45, 7) is 7.88. The van der Waals surface area contributed by atoms with Gasteiger partial charge in [-0.1, -0.05) is 42.5 Å². The number of benzene rings is 2. The number of amides is 1. The lowest BCUT2D eigenvalue weighted by Gasteiger charge is -2.39. The number of nitrogens with zero attached hydrogens (tertiary/aromatic N) is 2. The summed E-state index contributed by atoms with van der Waals surface area (Å²) in [5, 5.41) is 25.3. The highest BCUT2D eigenvalue weighted by Gasteiger charge is 2.32. The summed E-state index contributed by atoms with van der Waals surface area (Å²) in [5.41, 5.74) is 3.33. The van der Waals surface area contributed by atoms with Crippen LogP contribution in [-0.2, 0) is 27.2 Å². The topological polar surface area (TPSA) is 128 Å². The summed E-state index contributed by atoms with van der Waals surface area (Å²) in [4.78, 5) is 34.6. The molecule has 3 N–H and O–H groups in total. The maximum absolute atomic E-state index is 12.4. The van der Waals surface area contributed by atoms with Gasteiger partial charge in [-0.25, -0.2) is 9.59 Å². The van der Waals surface area contributed by atoms with E-state index in [1.165, 1.54) is 5.56 Å². The first-order valence-electron chi connectivity index (χ1n) is 12.8. The first kappa shape index (κ1) is 28.9. The van der Waals surface area contributed by atoms with E-state index in [1.807, 2.05) is 18.2 Å². The number of carbonyl (C=O) groups excluding carboxylic acids is 1. The van der Waals surface area contributed by atoms with Crippen LogP contribution in [0.4, 0.5) is 5.69 Å². The van der Waals surface area contributed by atoms with Gasteiger partial charge in [0.25, 0.3) is 0 Å². The number of carboxylic acids is 2. The van der Waals surface area contributed by atoms with Gasteiger partial charge in [0.15, 0.2) is 6.23 Å². The van der Waals surface area contributed by atoms with Gasteiger partial charge in [0.1, 0.15) is 11.9 Å². The van der Waals surface area contributed by atoms with Crippen LogP contribution in [0.2, 0.25) is 0 Å². The molecular weight excluding hydrogens is 488 g/mol. The monoisotopic (exact) mass is 524 g/mol. The van der Waals surface area contributed by atoms with E-state index in [0.717, 1.165) is 49.4 Å². The highest BCUT2D eigenvalue weighted by atomic mass is 16.5. The number of anilines is 1. The fraction of sp³-hybridized carbons (Fsp3) is 0.414. The quantitative estimate of drug-likeness (QED) is 0.354. The largest absolute Gasteiger partial charge is 0.473 e. The number of hydrogen-bond donors (Lipinski definition) is 3. The van der Waals surface area contributed by atoms with Gasteiger partial charge in [0, 0.05) is 31.6 Å². The lowest BCUT2D eigenvalue weighted by Crippen LogP contribution is -2.50. The van der Waals surface area contributed by atoms with Crippen molar-refractivity contribution in [3.05, 3.63) is 72.3 Å². The zero-order chi connectivity index (χ0) is 27.7. The van der Waals surface area contributed by atoms with Crippen molar-refractivity contribution in [2.24, 2.45) is 5.92 Å². The van der Waals surface area contributed by atoms with Crippen molar-refractivity contribution < 1.29 is 34.4 Å². The Kier molecular flexibility index (Phi) is 10.4. The Morgan fingerprint density at radius 3 is 2.29 bits per heavy atom. The van der Waals surface area contributed by atoms with Gasteiger partial charge in [-0.05, 0) is 56.2 Å². The SMILES string of the molecule is C=CCN1C(=O)CCc2c(OC(C(C)O)N3CCC(Cc4ccccc4)CC3)cccc21.O=C(O)C(=O)O. The van der Waals surface area contributed by atoms with Crippen LogP contribution in [0.1, 0.15) is 37.3 Å². The van der Waals surface area contributed by atoms with E-state index in [2.05, 4.69) is 41.8 Å². The molecule has 0 aliphatic carbocycles. The summed E-state index contributed by atoms with van der Waals surface area (Å²) >= 11 is 0. The number of fused-ring (bicyclic) bond motifs is 1. The second kappa shape index (κ2) is 13.7. The number of carbonyl (C=O) groups is 3. The minimum Gasteiger partial charge on any atom is -0.473 e. The van der Waals surface area contributed by atoms with Crippen LogP contribution in [0.25, 0.3) is 0 Å². The van der Waals surface area contributed by atoms with Crippen LogP contribution in [0, 0.1) is 5.92 Å². The van der Waals surface area contributed by atoms with Crippen LogP contribution in [-0.4, -0.2) is 70.0 Å². The van der Waals surface area contributed by atoms with Gasteiger partial charge in [-0.15, -0.1) is 6.58 Å².